The van der Waals surface area contributed by atoms with Gasteiger partial charge >= 0.3 is 23.6 Å². The van der Waals surface area contributed by atoms with Crippen LogP contribution >= 0.6 is 0 Å². The van der Waals surface area contributed by atoms with Crippen LogP contribution in [0, 0.1) is 22.7 Å². The first kappa shape index (κ1) is 42.8. The number of rotatable bonds is 16. The summed E-state index contributed by atoms with van der Waals surface area (Å²) in [6.07, 6.45) is 8.94. The highest BCUT2D eigenvalue weighted by molar-refractivity contribution is 6.96. The first-order chi connectivity index (χ1) is 28.1. The van der Waals surface area contributed by atoms with Gasteiger partial charge in [-0.3, -0.25) is 0 Å². The van der Waals surface area contributed by atoms with Gasteiger partial charge in [0.25, 0.3) is 8.32 Å². The summed E-state index contributed by atoms with van der Waals surface area (Å²) in [6, 6.07) is 33.7. The second-order valence-electron chi connectivity index (χ2n) is 14.3. The number of benzene rings is 4. The minimum atomic E-state index is -5.67. The van der Waals surface area contributed by atoms with Gasteiger partial charge in [-0.25, -0.2) is 0 Å². The zero-order valence-corrected chi connectivity index (χ0v) is 33.3. The Kier molecular flexibility index (Phi) is 12.5. The van der Waals surface area contributed by atoms with Crippen LogP contribution in [0.3, 0.4) is 0 Å². The van der Waals surface area contributed by atoms with Crippen LogP contribution in [0.4, 0.5) is 32.0 Å². The van der Waals surface area contributed by atoms with Crippen molar-refractivity contribution in [3.63, 3.8) is 0 Å². The van der Waals surface area contributed by atoms with Crippen molar-refractivity contribution < 1.29 is 45.3 Å². The number of para-hydroxylation sites is 1. The fraction of sp³-hybridized carbons (Fsp3) is 0.289. The van der Waals surface area contributed by atoms with E-state index in [2.05, 4.69) is 28.7 Å². The SMILES string of the molecule is CCN(CCCCCCO[Si](C)(c1ccccc1)c1ccc(OC2(F)C(O)(F)C(F)(F)C2(F)F)cc1)c1ccc(/C=C/C2=CC(=C(C#N)C#N)c3ccccc3O2)cc1. The molecular weight excluding hydrogens is 789 g/mol. The maximum atomic E-state index is 14.7. The van der Waals surface area contributed by atoms with E-state index in [0.29, 0.717) is 34.4 Å². The predicted molar refractivity (Wildman–Crippen MR) is 215 cm³/mol. The Morgan fingerprint density at radius 2 is 1.41 bits per heavy atom. The molecule has 6 rings (SSSR count). The lowest BCUT2D eigenvalue weighted by molar-refractivity contribution is -0.535. The number of hydrogen-bond donors (Lipinski definition) is 1. The van der Waals surface area contributed by atoms with Crippen molar-refractivity contribution in [1.82, 2.24) is 0 Å². The third-order valence-corrected chi connectivity index (χ3v) is 14.3. The van der Waals surface area contributed by atoms with Gasteiger partial charge in [-0.15, -0.1) is 0 Å². The van der Waals surface area contributed by atoms with Crippen LogP contribution in [0.2, 0.25) is 6.55 Å². The molecule has 2 aliphatic rings. The van der Waals surface area contributed by atoms with Gasteiger partial charge in [0, 0.05) is 36.5 Å². The molecule has 7 nitrogen and oxygen atoms in total. The maximum Gasteiger partial charge on any atom is 0.390 e. The molecule has 1 fully saturated rings. The van der Waals surface area contributed by atoms with Gasteiger partial charge in [-0.05, 0) is 84.7 Å². The molecule has 0 saturated heterocycles. The molecule has 4 aromatic rings. The summed E-state index contributed by atoms with van der Waals surface area (Å²) in [6.45, 7) is 6.10. The number of nitriles is 2. The third kappa shape index (κ3) is 8.00. The van der Waals surface area contributed by atoms with Crippen LogP contribution in [0.5, 0.6) is 11.5 Å². The fourth-order valence-corrected chi connectivity index (χ4v) is 9.90. The minimum absolute atomic E-state index is 0.0116. The Balaban J connectivity index is 1.00. The van der Waals surface area contributed by atoms with Crippen molar-refractivity contribution in [2.75, 3.05) is 24.6 Å². The van der Waals surface area contributed by atoms with Crippen molar-refractivity contribution in [2.24, 2.45) is 0 Å². The molecule has 0 aromatic heterocycles. The summed E-state index contributed by atoms with van der Waals surface area (Å²) >= 11 is 0. The molecule has 306 valence electrons. The second-order valence-corrected chi connectivity index (χ2v) is 17.8. The molecule has 1 aliphatic carbocycles. The normalized spacial score (nSPS) is 21.1. The largest absolute Gasteiger partial charge is 0.457 e. The summed E-state index contributed by atoms with van der Waals surface area (Å²) in [5.41, 5.74) is 3.25. The molecule has 0 bridgehead atoms. The number of fused-ring (bicyclic) bond motifs is 1. The average Bonchev–Trinajstić information content (AvgIpc) is 3.24. The highest BCUT2D eigenvalue weighted by atomic mass is 28.4. The van der Waals surface area contributed by atoms with E-state index in [9.17, 15) is 42.0 Å². The monoisotopic (exact) mass is 829 g/mol. The Morgan fingerprint density at radius 1 is 0.780 bits per heavy atom. The highest BCUT2D eigenvalue weighted by Gasteiger charge is 3.01. The summed E-state index contributed by atoms with van der Waals surface area (Å²) in [7, 11) is -2.93. The molecule has 59 heavy (non-hydrogen) atoms. The summed E-state index contributed by atoms with van der Waals surface area (Å²) in [5.74, 6) is -21.1. The van der Waals surface area contributed by atoms with E-state index in [1.807, 2.05) is 85.4 Å². The van der Waals surface area contributed by atoms with E-state index >= 15 is 0 Å². The molecule has 3 atom stereocenters. The summed E-state index contributed by atoms with van der Waals surface area (Å²) in [5, 5.41) is 29.7. The Bertz CT molecular complexity index is 2270. The zero-order valence-electron chi connectivity index (χ0n) is 32.3. The number of anilines is 1. The van der Waals surface area contributed by atoms with Crippen molar-refractivity contribution in [1.29, 1.82) is 10.5 Å². The van der Waals surface area contributed by atoms with Crippen LogP contribution in [0.1, 0.15) is 43.7 Å². The van der Waals surface area contributed by atoms with Gasteiger partial charge < -0.3 is 23.9 Å². The number of aliphatic hydroxyl groups is 1. The molecule has 1 heterocycles. The number of hydrogen-bond acceptors (Lipinski definition) is 7. The number of allylic oxidation sites excluding steroid dienone is 4. The molecule has 3 unspecified atom stereocenters. The van der Waals surface area contributed by atoms with Crippen molar-refractivity contribution in [2.45, 2.75) is 62.7 Å². The van der Waals surface area contributed by atoms with E-state index in [4.69, 9.17) is 9.16 Å². The van der Waals surface area contributed by atoms with E-state index < -0.39 is 37.6 Å². The first-order valence-electron chi connectivity index (χ1n) is 19.0. The zero-order chi connectivity index (χ0) is 42.5. The quantitative estimate of drug-likeness (QED) is 0.0521. The topological polar surface area (TPSA) is 98.7 Å². The molecule has 1 saturated carbocycles. The highest BCUT2D eigenvalue weighted by Crippen LogP contribution is 2.66. The minimum Gasteiger partial charge on any atom is -0.457 e. The Morgan fingerprint density at radius 3 is 2.05 bits per heavy atom. The van der Waals surface area contributed by atoms with E-state index in [-0.39, 0.29) is 5.57 Å². The predicted octanol–water partition coefficient (Wildman–Crippen LogP) is 9.26. The van der Waals surface area contributed by atoms with E-state index in [1.165, 1.54) is 12.1 Å². The van der Waals surface area contributed by atoms with Crippen molar-refractivity contribution in [3.05, 3.63) is 138 Å². The molecule has 1 N–H and O–H groups in total. The number of alkyl halides is 6. The van der Waals surface area contributed by atoms with Gasteiger partial charge in [-0.1, -0.05) is 91.7 Å². The lowest BCUT2D eigenvalue weighted by Crippen LogP contribution is -2.88. The van der Waals surface area contributed by atoms with E-state index in [0.717, 1.165) is 67.3 Å². The molecule has 4 aromatic carbocycles. The number of unbranched alkanes of at least 4 members (excludes halogenated alkanes) is 3. The first-order valence-corrected chi connectivity index (χ1v) is 21.5. The van der Waals surface area contributed by atoms with Crippen molar-refractivity contribution in [3.8, 4) is 23.6 Å². The summed E-state index contributed by atoms with van der Waals surface area (Å²) in [4.78, 5) is 2.29. The lowest BCUT2D eigenvalue weighted by Gasteiger charge is -2.53. The Hall–Kier alpha value is -5.80. The van der Waals surface area contributed by atoms with Crippen molar-refractivity contribution >= 4 is 36.0 Å². The number of nitrogens with zero attached hydrogens (tertiary/aromatic N) is 3. The number of halogens is 6. The second kappa shape index (κ2) is 17.2. The van der Waals surface area contributed by atoms with Crippen LogP contribution in [0.25, 0.3) is 11.6 Å². The molecule has 1 aliphatic heterocycles. The van der Waals surface area contributed by atoms with Gasteiger partial charge in [0.2, 0.25) is 0 Å². The molecule has 0 radical (unpaired) electrons. The van der Waals surface area contributed by atoms with Crippen LogP contribution in [-0.2, 0) is 4.43 Å². The summed E-state index contributed by atoms with van der Waals surface area (Å²) < 4.78 is 100. The van der Waals surface area contributed by atoms with Gasteiger partial charge in [0.1, 0.15) is 35.0 Å². The standard InChI is InChI=1S/C45H41F6N3O4Si/c1-3-54(34-20-17-32(18-21-34)19-22-36-29-40(33(30-52)31-53)39-15-9-10-16-41(39)57-36)27-11-4-5-12-28-56-59(2,37-13-7-6-8-14-37)38-25-23-35(24-26-38)58-45(51)43(48,49)42(46,47)44(45,50)55/h6-10,13-26,29,55H,3-5,11-12,27-28H2,1-2H3/b22-19+. The molecule has 14 heteroatoms. The average molecular weight is 830 g/mol. The van der Waals surface area contributed by atoms with E-state index in [1.54, 1.807) is 18.2 Å². The van der Waals surface area contributed by atoms with Crippen LogP contribution in [-0.4, -0.2) is 56.7 Å². The van der Waals surface area contributed by atoms with Gasteiger partial charge in [-0.2, -0.15) is 36.9 Å². The Labute approximate surface area is 339 Å². The van der Waals surface area contributed by atoms with Crippen LogP contribution < -0.4 is 24.7 Å². The van der Waals surface area contributed by atoms with Crippen LogP contribution in [0.15, 0.2) is 127 Å². The molecular formula is C45H41F6N3O4Si. The third-order valence-electron chi connectivity index (χ3n) is 10.6. The fourth-order valence-electron chi connectivity index (χ4n) is 7.05. The maximum absolute atomic E-state index is 14.7. The molecule has 0 spiro atoms. The molecule has 0 amide bonds. The van der Waals surface area contributed by atoms with Gasteiger partial charge in [0.05, 0.1) is 0 Å². The number of ether oxygens (including phenoxy) is 2. The van der Waals surface area contributed by atoms with Gasteiger partial charge in [0.15, 0.2) is 0 Å². The smallest absolute Gasteiger partial charge is 0.390 e. The lowest BCUT2D eigenvalue weighted by atomic mass is 9.76.